The summed E-state index contributed by atoms with van der Waals surface area (Å²) in [4.78, 5) is 26.8. The van der Waals surface area contributed by atoms with Crippen molar-refractivity contribution < 1.29 is 9.59 Å². The van der Waals surface area contributed by atoms with Crippen LogP contribution in [0.3, 0.4) is 0 Å². The summed E-state index contributed by atoms with van der Waals surface area (Å²) in [6.07, 6.45) is 2.51. The minimum atomic E-state index is 0.0393. The molecule has 0 spiro atoms. The molecule has 0 atom stereocenters. The number of urea groups is 1. The highest BCUT2D eigenvalue weighted by Gasteiger charge is 2.27. The van der Waals surface area contributed by atoms with Gasteiger partial charge in [0.05, 0.1) is 0 Å². The van der Waals surface area contributed by atoms with Gasteiger partial charge in [0.15, 0.2) is 0 Å². The van der Waals surface area contributed by atoms with Crippen molar-refractivity contribution in [2.75, 3.05) is 33.7 Å². The predicted molar refractivity (Wildman–Crippen MR) is 66.7 cm³/mol. The maximum atomic E-state index is 11.7. The van der Waals surface area contributed by atoms with E-state index in [1.165, 1.54) is 0 Å². The van der Waals surface area contributed by atoms with Gasteiger partial charge in [-0.2, -0.15) is 0 Å². The van der Waals surface area contributed by atoms with E-state index in [4.69, 9.17) is 0 Å². The van der Waals surface area contributed by atoms with E-state index in [1.807, 2.05) is 11.8 Å². The summed E-state index contributed by atoms with van der Waals surface area (Å²) in [5.41, 5.74) is 0. The highest BCUT2D eigenvalue weighted by atomic mass is 16.2. The molecule has 0 saturated carbocycles. The van der Waals surface area contributed by atoms with Gasteiger partial charge in [-0.05, 0) is 19.3 Å². The van der Waals surface area contributed by atoms with E-state index in [9.17, 15) is 9.59 Å². The summed E-state index contributed by atoms with van der Waals surface area (Å²) in [7, 11) is 3.50. The molecule has 5 heteroatoms. The van der Waals surface area contributed by atoms with E-state index in [0.29, 0.717) is 13.1 Å². The molecule has 0 unspecified atom stereocenters. The van der Waals surface area contributed by atoms with Gasteiger partial charge in [0.25, 0.3) is 0 Å². The zero-order valence-corrected chi connectivity index (χ0v) is 11.0. The van der Waals surface area contributed by atoms with Gasteiger partial charge in [-0.25, -0.2) is 4.79 Å². The maximum Gasteiger partial charge on any atom is 0.319 e. The van der Waals surface area contributed by atoms with Crippen LogP contribution in [0.15, 0.2) is 0 Å². The second-order valence-corrected chi connectivity index (χ2v) is 4.73. The Kier molecular flexibility index (Phi) is 5.25. The minimum absolute atomic E-state index is 0.0393. The van der Waals surface area contributed by atoms with Gasteiger partial charge in [0.1, 0.15) is 0 Å². The van der Waals surface area contributed by atoms with Crippen LogP contribution in [0.2, 0.25) is 0 Å². The molecular formula is C12H23N3O2. The van der Waals surface area contributed by atoms with Crippen LogP contribution in [-0.4, -0.2) is 55.5 Å². The Hall–Kier alpha value is -1.26. The molecule has 0 radical (unpaired) electrons. The zero-order chi connectivity index (χ0) is 12.8. The fourth-order valence-corrected chi connectivity index (χ4v) is 2.01. The highest BCUT2D eigenvalue weighted by molar-refractivity contribution is 5.79. The average molecular weight is 241 g/mol. The second kappa shape index (κ2) is 6.47. The van der Waals surface area contributed by atoms with E-state index >= 15 is 0 Å². The lowest BCUT2D eigenvalue weighted by atomic mass is 9.96. The van der Waals surface area contributed by atoms with Crippen LogP contribution in [0.4, 0.5) is 4.79 Å². The Morgan fingerprint density at radius 3 is 2.35 bits per heavy atom. The summed E-state index contributed by atoms with van der Waals surface area (Å²) < 4.78 is 0. The molecule has 0 aliphatic carbocycles. The number of likely N-dealkylation sites (tertiary alicyclic amines) is 1. The smallest absolute Gasteiger partial charge is 0.319 e. The lowest BCUT2D eigenvalue weighted by Crippen LogP contribution is -2.46. The Morgan fingerprint density at radius 2 is 1.88 bits per heavy atom. The number of nitrogens with one attached hydrogen (secondary N) is 1. The molecular weight excluding hydrogens is 218 g/mol. The first kappa shape index (κ1) is 13.8. The molecule has 1 aliphatic rings. The molecule has 1 N–H and O–H groups in total. The fraction of sp³-hybridized carbons (Fsp3) is 0.833. The first-order chi connectivity index (χ1) is 8.06. The Balaban J connectivity index is 2.35. The molecule has 0 bridgehead atoms. The van der Waals surface area contributed by atoms with Gasteiger partial charge in [0.2, 0.25) is 5.91 Å². The third kappa shape index (κ3) is 3.91. The van der Waals surface area contributed by atoms with Crippen molar-refractivity contribution in [2.24, 2.45) is 5.92 Å². The van der Waals surface area contributed by atoms with E-state index < -0.39 is 0 Å². The number of hydrogen-bond donors (Lipinski definition) is 1. The summed E-state index contributed by atoms with van der Waals surface area (Å²) in [5.74, 6) is 0.219. The predicted octanol–water partition coefficient (Wildman–Crippen LogP) is 0.906. The summed E-state index contributed by atoms with van der Waals surface area (Å²) in [6, 6.07) is 0.0393. The van der Waals surface area contributed by atoms with Gasteiger partial charge >= 0.3 is 6.03 Å². The fourth-order valence-electron chi connectivity index (χ4n) is 2.01. The van der Waals surface area contributed by atoms with Crippen LogP contribution >= 0.6 is 0 Å². The number of amides is 3. The lowest BCUT2D eigenvalue weighted by Gasteiger charge is -2.33. The number of carbonyl (C=O) groups excluding carboxylic acids is 2. The normalized spacial score (nSPS) is 16.8. The van der Waals surface area contributed by atoms with E-state index in [1.54, 1.807) is 19.0 Å². The van der Waals surface area contributed by atoms with Crippen molar-refractivity contribution in [1.82, 2.24) is 15.1 Å². The Bertz CT molecular complexity index is 271. The number of piperidine rings is 1. The second-order valence-electron chi connectivity index (χ2n) is 4.73. The topological polar surface area (TPSA) is 52.7 Å². The first-order valence-electron chi connectivity index (χ1n) is 6.30. The van der Waals surface area contributed by atoms with Gasteiger partial charge in [-0.1, -0.05) is 6.92 Å². The van der Waals surface area contributed by atoms with E-state index in [0.717, 1.165) is 25.8 Å². The quantitative estimate of drug-likeness (QED) is 0.798. The number of rotatable bonds is 3. The van der Waals surface area contributed by atoms with E-state index in [-0.39, 0.29) is 17.9 Å². The molecule has 1 aliphatic heterocycles. The summed E-state index contributed by atoms with van der Waals surface area (Å²) in [6.45, 7) is 4.15. The highest BCUT2D eigenvalue weighted by Crippen LogP contribution is 2.18. The number of carbonyl (C=O) groups is 2. The molecule has 3 amide bonds. The third-order valence-electron chi connectivity index (χ3n) is 3.07. The largest absolute Gasteiger partial charge is 0.356 e. The summed E-state index contributed by atoms with van der Waals surface area (Å²) >= 11 is 0. The van der Waals surface area contributed by atoms with Crippen LogP contribution in [0.1, 0.15) is 26.2 Å². The van der Waals surface area contributed by atoms with Crippen LogP contribution in [0.5, 0.6) is 0 Å². The third-order valence-corrected chi connectivity index (χ3v) is 3.07. The van der Waals surface area contributed by atoms with Crippen LogP contribution in [0, 0.1) is 5.92 Å². The van der Waals surface area contributed by atoms with Crippen molar-refractivity contribution in [2.45, 2.75) is 26.2 Å². The van der Waals surface area contributed by atoms with Crippen LogP contribution in [-0.2, 0) is 4.79 Å². The SMILES string of the molecule is CCCNC(=O)C1CCN(C(=O)N(C)C)CC1. The molecule has 1 rings (SSSR count). The average Bonchev–Trinajstić information content (AvgIpc) is 2.35. The molecule has 1 saturated heterocycles. The Morgan fingerprint density at radius 1 is 1.29 bits per heavy atom. The van der Waals surface area contributed by atoms with Gasteiger partial charge in [-0.3, -0.25) is 4.79 Å². The standard InChI is InChI=1S/C12H23N3O2/c1-4-7-13-11(16)10-5-8-15(9-6-10)12(17)14(2)3/h10H,4-9H2,1-3H3,(H,13,16). The van der Waals surface area contributed by atoms with Crippen molar-refractivity contribution >= 4 is 11.9 Å². The maximum absolute atomic E-state index is 11.7. The zero-order valence-electron chi connectivity index (χ0n) is 11.0. The molecule has 0 aromatic rings. The van der Waals surface area contributed by atoms with Crippen LogP contribution in [0.25, 0.3) is 0 Å². The van der Waals surface area contributed by atoms with Crippen molar-refractivity contribution in [3.05, 3.63) is 0 Å². The number of nitrogens with zero attached hydrogens (tertiary/aromatic N) is 2. The van der Waals surface area contributed by atoms with Gasteiger partial charge in [0, 0.05) is 39.6 Å². The molecule has 98 valence electrons. The lowest BCUT2D eigenvalue weighted by molar-refractivity contribution is -0.126. The molecule has 0 aromatic carbocycles. The van der Waals surface area contributed by atoms with E-state index in [2.05, 4.69) is 5.32 Å². The first-order valence-corrected chi connectivity index (χ1v) is 6.30. The molecule has 1 heterocycles. The van der Waals surface area contributed by atoms with Gasteiger partial charge in [-0.15, -0.1) is 0 Å². The molecule has 1 fully saturated rings. The molecule has 5 nitrogen and oxygen atoms in total. The van der Waals surface area contributed by atoms with Crippen LogP contribution < -0.4 is 5.32 Å². The minimum Gasteiger partial charge on any atom is -0.356 e. The van der Waals surface area contributed by atoms with Crippen molar-refractivity contribution in [3.8, 4) is 0 Å². The van der Waals surface area contributed by atoms with Crippen molar-refractivity contribution in [3.63, 3.8) is 0 Å². The monoisotopic (exact) mass is 241 g/mol. The summed E-state index contributed by atoms with van der Waals surface area (Å²) in [5, 5.41) is 2.92. The van der Waals surface area contributed by atoms with Crippen molar-refractivity contribution in [1.29, 1.82) is 0 Å². The molecule has 0 aromatic heterocycles. The number of hydrogen-bond acceptors (Lipinski definition) is 2. The molecule has 17 heavy (non-hydrogen) atoms. The Labute approximate surface area is 103 Å². The van der Waals surface area contributed by atoms with Gasteiger partial charge < -0.3 is 15.1 Å².